The molecule has 1 amide bonds. The fourth-order valence-corrected chi connectivity index (χ4v) is 2.20. The van der Waals surface area contributed by atoms with Crippen molar-refractivity contribution >= 4 is 21.7 Å². The highest BCUT2D eigenvalue weighted by Gasteiger charge is 2.48. The van der Waals surface area contributed by atoms with E-state index in [9.17, 15) is 26.4 Å². The molecule has 0 unspecified atom stereocenters. The van der Waals surface area contributed by atoms with Crippen molar-refractivity contribution in [3.05, 3.63) is 29.8 Å². The van der Waals surface area contributed by atoms with E-state index < -0.39 is 21.4 Å². The Bertz CT molecular complexity index is 723. The quantitative estimate of drug-likeness (QED) is 0.382. The SMILES string of the molecule is CC(=O)NN=C(c1ccc(OS(=O)(=O)C(F)(F)F)cc1)C1CC1. The molecule has 1 aromatic carbocycles. The number of carbonyl (C=O) groups excluding carboxylic acids is 1. The number of nitrogens with zero attached hydrogens (tertiary/aromatic N) is 1. The number of benzene rings is 1. The van der Waals surface area contributed by atoms with Crippen molar-refractivity contribution in [3.63, 3.8) is 0 Å². The number of hydrogen-bond acceptors (Lipinski definition) is 5. The fourth-order valence-electron chi connectivity index (χ4n) is 1.74. The average molecular weight is 350 g/mol. The van der Waals surface area contributed by atoms with E-state index in [-0.39, 0.29) is 11.8 Å². The van der Waals surface area contributed by atoms with Crippen LogP contribution in [0.4, 0.5) is 13.2 Å². The molecule has 1 N–H and O–H groups in total. The van der Waals surface area contributed by atoms with E-state index in [1.165, 1.54) is 19.1 Å². The van der Waals surface area contributed by atoms with E-state index in [0.29, 0.717) is 11.3 Å². The third-order valence-corrected chi connectivity index (χ3v) is 3.92. The predicted molar refractivity (Wildman–Crippen MR) is 75.1 cm³/mol. The van der Waals surface area contributed by atoms with Crippen LogP contribution in [0.2, 0.25) is 0 Å². The Morgan fingerprint density at radius 3 is 2.26 bits per heavy atom. The van der Waals surface area contributed by atoms with Gasteiger partial charge in [0, 0.05) is 12.8 Å². The fraction of sp³-hybridized carbons (Fsp3) is 0.385. The topological polar surface area (TPSA) is 84.8 Å². The number of nitrogens with one attached hydrogen (secondary N) is 1. The first-order valence-corrected chi connectivity index (χ1v) is 7.96. The van der Waals surface area contributed by atoms with Crippen molar-refractivity contribution in [1.82, 2.24) is 5.43 Å². The van der Waals surface area contributed by atoms with E-state index in [2.05, 4.69) is 14.7 Å². The van der Waals surface area contributed by atoms with E-state index >= 15 is 0 Å². The summed E-state index contributed by atoms with van der Waals surface area (Å²) in [7, 11) is -5.70. The smallest absolute Gasteiger partial charge is 0.376 e. The second kappa shape index (κ2) is 6.19. The van der Waals surface area contributed by atoms with Crippen LogP contribution in [0, 0.1) is 5.92 Å². The van der Waals surface area contributed by atoms with Gasteiger partial charge < -0.3 is 4.18 Å². The van der Waals surface area contributed by atoms with Crippen LogP contribution in [0.15, 0.2) is 29.4 Å². The number of rotatable bonds is 5. The first kappa shape index (κ1) is 17.3. The number of halogens is 3. The molecule has 23 heavy (non-hydrogen) atoms. The van der Waals surface area contributed by atoms with Gasteiger partial charge >= 0.3 is 15.6 Å². The molecule has 0 radical (unpaired) electrons. The van der Waals surface area contributed by atoms with Crippen LogP contribution in [0.25, 0.3) is 0 Å². The average Bonchev–Trinajstić information content (AvgIpc) is 3.23. The minimum atomic E-state index is -5.70. The monoisotopic (exact) mass is 350 g/mol. The van der Waals surface area contributed by atoms with Crippen molar-refractivity contribution in [2.75, 3.05) is 0 Å². The summed E-state index contributed by atoms with van der Waals surface area (Å²) < 4.78 is 62.6. The van der Waals surface area contributed by atoms with Gasteiger partial charge in [-0.25, -0.2) is 5.43 Å². The molecule has 0 aromatic heterocycles. The largest absolute Gasteiger partial charge is 0.534 e. The van der Waals surface area contributed by atoms with Crippen LogP contribution in [0.1, 0.15) is 25.3 Å². The molecule has 2 rings (SSSR count). The lowest BCUT2D eigenvalue weighted by Gasteiger charge is -2.10. The first-order valence-electron chi connectivity index (χ1n) is 6.55. The molecule has 0 heterocycles. The Balaban J connectivity index is 2.18. The number of hydrogen-bond donors (Lipinski definition) is 1. The molecular weight excluding hydrogens is 337 g/mol. The number of hydrazone groups is 1. The second-order valence-electron chi connectivity index (χ2n) is 4.95. The Morgan fingerprint density at radius 2 is 1.83 bits per heavy atom. The standard InChI is InChI=1S/C13H13F3N2O4S/c1-8(19)17-18-12(9-2-3-9)10-4-6-11(7-5-10)22-23(20,21)13(14,15)16/h4-7,9H,2-3H2,1H3,(H,17,19). The van der Waals surface area contributed by atoms with Crippen molar-refractivity contribution in [2.24, 2.45) is 11.0 Å². The second-order valence-corrected chi connectivity index (χ2v) is 6.48. The molecule has 1 saturated carbocycles. The molecule has 1 aliphatic carbocycles. The minimum absolute atomic E-state index is 0.160. The molecule has 1 fully saturated rings. The number of amides is 1. The summed E-state index contributed by atoms with van der Waals surface area (Å²) >= 11 is 0. The van der Waals surface area contributed by atoms with Gasteiger partial charge in [0.15, 0.2) is 0 Å². The van der Waals surface area contributed by atoms with Crippen LogP contribution < -0.4 is 9.61 Å². The Kier molecular flexibility index (Phi) is 4.64. The third-order valence-electron chi connectivity index (χ3n) is 2.94. The maximum absolute atomic E-state index is 12.2. The van der Waals surface area contributed by atoms with Crippen LogP contribution >= 0.6 is 0 Å². The van der Waals surface area contributed by atoms with Gasteiger partial charge in [0.2, 0.25) is 5.91 Å². The lowest BCUT2D eigenvalue weighted by Crippen LogP contribution is -2.28. The van der Waals surface area contributed by atoms with E-state index in [4.69, 9.17) is 0 Å². The van der Waals surface area contributed by atoms with Crippen molar-refractivity contribution < 1.29 is 30.6 Å². The zero-order valence-electron chi connectivity index (χ0n) is 11.9. The molecule has 0 spiro atoms. The Hall–Kier alpha value is -2.10. The van der Waals surface area contributed by atoms with Gasteiger partial charge in [0.25, 0.3) is 0 Å². The summed E-state index contributed by atoms with van der Waals surface area (Å²) in [5, 5.41) is 3.98. The van der Waals surface area contributed by atoms with Gasteiger partial charge in [-0.1, -0.05) is 0 Å². The lowest BCUT2D eigenvalue weighted by molar-refractivity contribution is -0.118. The summed E-state index contributed by atoms with van der Waals surface area (Å²) in [5.41, 5.74) is -2.02. The lowest BCUT2D eigenvalue weighted by atomic mass is 10.1. The molecule has 10 heteroatoms. The van der Waals surface area contributed by atoms with E-state index in [1.54, 1.807) is 0 Å². The summed E-state index contributed by atoms with van der Waals surface area (Å²) in [6.07, 6.45) is 1.78. The van der Waals surface area contributed by atoms with Crippen molar-refractivity contribution in [2.45, 2.75) is 25.3 Å². The molecular formula is C13H13F3N2O4S. The molecule has 126 valence electrons. The van der Waals surface area contributed by atoms with Gasteiger partial charge in [-0.15, -0.1) is 0 Å². The number of carbonyl (C=O) groups is 1. The normalized spacial score (nSPS) is 16.1. The van der Waals surface area contributed by atoms with Crippen LogP contribution in [0.5, 0.6) is 5.75 Å². The maximum atomic E-state index is 12.2. The zero-order valence-corrected chi connectivity index (χ0v) is 12.7. The maximum Gasteiger partial charge on any atom is 0.534 e. The van der Waals surface area contributed by atoms with Gasteiger partial charge in [-0.2, -0.15) is 26.7 Å². The number of alkyl halides is 3. The molecule has 1 aliphatic rings. The Morgan fingerprint density at radius 1 is 1.26 bits per heavy atom. The molecule has 0 aliphatic heterocycles. The molecule has 0 atom stereocenters. The minimum Gasteiger partial charge on any atom is -0.376 e. The van der Waals surface area contributed by atoms with Gasteiger partial charge in [0.05, 0.1) is 5.71 Å². The van der Waals surface area contributed by atoms with Gasteiger partial charge in [0.1, 0.15) is 5.75 Å². The summed E-state index contributed by atoms with van der Waals surface area (Å²) in [6.45, 7) is 1.30. The molecule has 0 bridgehead atoms. The summed E-state index contributed by atoms with van der Waals surface area (Å²) in [5.74, 6) is -0.646. The van der Waals surface area contributed by atoms with Crippen LogP contribution in [0.3, 0.4) is 0 Å². The van der Waals surface area contributed by atoms with Crippen LogP contribution in [-0.2, 0) is 14.9 Å². The predicted octanol–water partition coefficient (Wildman–Crippen LogP) is 2.17. The highest BCUT2D eigenvalue weighted by molar-refractivity contribution is 7.88. The summed E-state index contributed by atoms with van der Waals surface area (Å²) in [4.78, 5) is 10.9. The van der Waals surface area contributed by atoms with E-state index in [0.717, 1.165) is 25.0 Å². The summed E-state index contributed by atoms with van der Waals surface area (Å²) in [6, 6.07) is 4.98. The van der Waals surface area contributed by atoms with Crippen molar-refractivity contribution in [3.8, 4) is 5.75 Å². The first-order chi connectivity index (χ1) is 10.6. The molecule has 6 nitrogen and oxygen atoms in total. The van der Waals surface area contributed by atoms with Crippen LogP contribution in [-0.4, -0.2) is 25.5 Å². The van der Waals surface area contributed by atoms with E-state index in [1.807, 2.05) is 0 Å². The molecule has 1 aromatic rings. The Labute approximate surface area is 130 Å². The van der Waals surface area contributed by atoms with Gasteiger partial charge in [-0.05, 0) is 42.7 Å². The highest BCUT2D eigenvalue weighted by Crippen LogP contribution is 2.34. The zero-order chi connectivity index (χ0) is 17.3. The van der Waals surface area contributed by atoms with Gasteiger partial charge in [-0.3, -0.25) is 4.79 Å². The third kappa shape index (κ3) is 4.44. The highest BCUT2D eigenvalue weighted by atomic mass is 32.2. The van der Waals surface area contributed by atoms with Crippen molar-refractivity contribution in [1.29, 1.82) is 0 Å². The molecule has 0 saturated heterocycles.